The van der Waals surface area contributed by atoms with Crippen molar-refractivity contribution in [1.82, 2.24) is 5.32 Å². The Morgan fingerprint density at radius 2 is 1.77 bits per heavy atom. The van der Waals surface area contributed by atoms with Gasteiger partial charge in [0.15, 0.2) is 0 Å². The van der Waals surface area contributed by atoms with E-state index < -0.39 is 0 Å². The predicted octanol–water partition coefficient (Wildman–Crippen LogP) is 4.42. The van der Waals surface area contributed by atoms with Crippen molar-refractivity contribution in [3.63, 3.8) is 0 Å². The van der Waals surface area contributed by atoms with Gasteiger partial charge in [-0.2, -0.15) is 0 Å². The average Bonchev–Trinajstić information content (AvgIpc) is 3.16. The number of halogens is 1. The molecule has 0 spiro atoms. The van der Waals surface area contributed by atoms with Crippen LogP contribution in [0.15, 0.2) is 65.3 Å². The third-order valence-electron chi connectivity index (χ3n) is 3.82. The van der Waals surface area contributed by atoms with E-state index in [1.54, 1.807) is 54.8 Å². The molecule has 5 nitrogen and oxygen atoms in total. The molecule has 0 radical (unpaired) electrons. The van der Waals surface area contributed by atoms with E-state index in [0.717, 1.165) is 5.56 Å². The average molecular weight is 369 g/mol. The Bertz CT molecular complexity index is 936. The van der Waals surface area contributed by atoms with Gasteiger partial charge in [-0.1, -0.05) is 23.7 Å². The maximum absolute atomic E-state index is 12.4. The minimum atomic E-state index is -0.314. The van der Waals surface area contributed by atoms with E-state index in [4.69, 9.17) is 16.0 Å². The van der Waals surface area contributed by atoms with E-state index in [2.05, 4.69) is 10.6 Å². The number of hydrogen-bond donors (Lipinski definition) is 2. The number of carbonyl (C=O) groups excluding carboxylic acids is 2. The lowest BCUT2D eigenvalue weighted by atomic mass is 10.1. The molecule has 132 valence electrons. The third-order valence-corrected chi connectivity index (χ3v) is 4.23. The first-order chi connectivity index (χ1) is 12.5. The van der Waals surface area contributed by atoms with Crippen molar-refractivity contribution in [2.24, 2.45) is 0 Å². The van der Waals surface area contributed by atoms with Crippen LogP contribution in [0.2, 0.25) is 5.02 Å². The van der Waals surface area contributed by atoms with E-state index in [1.165, 1.54) is 0 Å². The van der Waals surface area contributed by atoms with Crippen molar-refractivity contribution in [2.75, 3.05) is 5.32 Å². The molecular weight excluding hydrogens is 352 g/mol. The number of benzene rings is 2. The predicted molar refractivity (Wildman–Crippen MR) is 100 cm³/mol. The molecule has 0 aliphatic heterocycles. The topological polar surface area (TPSA) is 71.3 Å². The van der Waals surface area contributed by atoms with Gasteiger partial charge in [0, 0.05) is 21.8 Å². The summed E-state index contributed by atoms with van der Waals surface area (Å²) in [6.07, 6.45) is 1.55. The zero-order valence-electron chi connectivity index (χ0n) is 14.1. The summed E-state index contributed by atoms with van der Waals surface area (Å²) in [7, 11) is 0. The van der Waals surface area contributed by atoms with Crippen LogP contribution in [0, 0.1) is 6.92 Å². The Balaban J connectivity index is 1.68. The Morgan fingerprint density at radius 1 is 1.00 bits per heavy atom. The molecule has 0 atom stereocenters. The Morgan fingerprint density at radius 3 is 2.46 bits per heavy atom. The number of nitrogens with one attached hydrogen (secondary N) is 2. The minimum Gasteiger partial charge on any atom is -0.467 e. The maximum atomic E-state index is 12.4. The van der Waals surface area contributed by atoms with Crippen LogP contribution >= 0.6 is 11.6 Å². The molecule has 6 heteroatoms. The van der Waals surface area contributed by atoms with Crippen molar-refractivity contribution in [1.29, 1.82) is 0 Å². The number of carbonyl (C=O) groups is 2. The van der Waals surface area contributed by atoms with Crippen molar-refractivity contribution < 1.29 is 14.0 Å². The van der Waals surface area contributed by atoms with Gasteiger partial charge in [-0.25, -0.2) is 0 Å². The second-order valence-electron chi connectivity index (χ2n) is 5.76. The van der Waals surface area contributed by atoms with Crippen LogP contribution in [-0.2, 0) is 6.54 Å². The second kappa shape index (κ2) is 7.89. The molecule has 3 rings (SSSR count). The Hall–Kier alpha value is -3.05. The van der Waals surface area contributed by atoms with Crippen LogP contribution in [0.1, 0.15) is 32.0 Å². The molecule has 1 aromatic heterocycles. The van der Waals surface area contributed by atoms with Gasteiger partial charge in [-0.15, -0.1) is 0 Å². The molecule has 0 aliphatic carbocycles. The summed E-state index contributed by atoms with van der Waals surface area (Å²) in [6.45, 7) is 2.17. The lowest BCUT2D eigenvalue weighted by molar-refractivity contribution is 0.0948. The summed E-state index contributed by atoms with van der Waals surface area (Å²) in [5.41, 5.74) is 2.30. The summed E-state index contributed by atoms with van der Waals surface area (Å²) in [5, 5.41) is 6.10. The van der Waals surface area contributed by atoms with E-state index in [0.29, 0.717) is 27.6 Å². The highest BCUT2D eigenvalue weighted by Crippen LogP contribution is 2.20. The zero-order valence-corrected chi connectivity index (χ0v) is 14.8. The quantitative estimate of drug-likeness (QED) is 0.700. The summed E-state index contributed by atoms with van der Waals surface area (Å²) in [4.78, 5) is 24.7. The molecule has 26 heavy (non-hydrogen) atoms. The van der Waals surface area contributed by atoms with Gasteiger partial charge < -0.3 is 15.1 Å². The number of amides is 2. The number of anilines is 1. The molecule has 0 unspecified atom stereocenters. The van der Waals surface area contributed by atoms with Gasteiger partial charge in [0.05, 0.1) is 12.8 Å². The molecular formula is C20H17ClN2O3. The highest BCUT2D eigenvalue weighted by Gasteiger charge is 2.11. The number of furan rings is 1. The van der Waals surface area contributed by atoms with Gasteiger partial charge in [0.25, 0.3) is 11.8 Å². The van der Waals surface area contributed by atoms with Crippen LogP contribution in [0.4, 0.5) is 5.69 Å². The normalized spacial score (nSPS) is 10.4. The van der Waals surface area contributed by atoms with Gasteiger partial charge in [0.2, 0.25) is 0 Å². The number of rotatable bonds is 5. The highest BCUT2D eigenvalue weighted by atomic mass is 35.5. The molecule has 2 amide bonds. The molecule has 0 saturated carbocycles. The molecule has 0 bridgehead atoms. The zero-order chi connectivity index (χ0) is 18.5. The molecule has 2 aromatic carbocycles. The van der Waals surface area contributed by atoms with Crippen molar-refractivity contribution >= 4 is 29.1 Å². The number of aryl methyl sites for hydroxylation is 1. The SMILES string of the molecule is Cc1ccc(NC(=O)c2cccc(C(=O)NCc3ccco3)c2)cc1Cl. The molecule has 0 saturated heterocycles. The first-order valence-corrected chi connectivity index (χ1v) is 8.39. The molecule has 1 heterocycles. The van der Waals surface area contributed by atoms with Crippen molar-refractivity contribution in [2.45, 2.75) is 13.5 Å². The first-order valence-electron chi connectivity index (χ1n) is 8.01. The van der Waals surface area contributed by atoms with E-state index in [1.807, 2.05) is 13.0 Å². The molecule has 0 aliphatic rings. The highest BCUT2D eigenvalue weighted by molar-refractivity contribution is 6.31. The molecule has 2 N–H and O–H groups in total. The van der Waals surface area contributed by atoms with E-state index >= 15 is 0 Å². The van der Waals surface area contributed by atoms with Gasteiger partial charge in [-0.3, -0.25) is 9.59 Å². The minimum absolute atomic E-state index is 0.282. The summed E-state index contributed by atoms with van der Waals surface area (Å²) in [5.74, 6) is 0.0588. The van der Waals surface area contributed by atoms with Crippen LogP contribution in [0.25, 0.3) is 0 Å². The van der Waals surface area contributed by atoms with E-state index in [-0.39, 0.29) is 18.4 Å². The number of hydrogen-bond acceptors (Lipinski definition) is 3. The van der Waals surface area contributed by atoms with Gasteiger partial charge in [-0.05, 0) is 55.0 Å². The Kier molecular flexibility index (Phi) is 5.39. The lowest BCUT2D eigenvalue weighted by Crippen LogP contribution is -2.23. The fraction of sp³-hybridized carbons (Fsp3) is 0.100. The first kappa shape index (κ1) is 17.8. The fourth-order valence-electron chi connectivity index (χ4n) is 2.36. The summed E-state index contributed by atoms with van der Waals surface area (Å²) >= 11 is 6.08. The van der Waals surface area contributed by atoms with Crippen LogP contribution in [0.5, 0.6) is 0 Å². The Labute approximate surface area is 156 Å². The van der Waals surface area contributed by atoms with E-state index in [9.17, 15) is 9.59 Å². The lowest BCUT2D eigenvalue weighted by Gasteiger charge is -2.08. The maximum Gasteiger partial charge on any atom is 0.255 e. The molecule has 3 aromatic rings. The summed E-state index contributed by atoms with van der Waals surface area (Å²) in [6, 6.07) is 15.3. The fourth-order valence-corrected chi connectivity index (χ4v) is 2.54. The monoisotopic (exact) mass is 368 g/mol. The van der Waals surface area contributed by atoms with Crippen LogP contribution < -0.4 is 10.6 Å². The van der Waals surface area contributed by atoms with Crippen molar-refractivity contribution in [3.8, 4) is 0 Å². The van der Waals surface area contributed by atoms with Crippen molar-refractivity contribution in [3.05, 3.63) is 88.3 Å². The van der Waals surface area contributed by atoms with Crippen LogP contribution in [-0.4, -0.2) is 11.8 Å². The van der Waals surface area contributed by atoms with Gasteiger partial charge in [0.1, 0.15) is 5.76 Å². The largest absolute Gasteiger partial charge is 0.467 e. The second-order valence-corrected chi connectivity index (χ2v) is 6.17. The standard InChI is InChI=1S/C20H17ClN2O3/c1-13-7-8-16(11-18(13)21)23-20(25)15-5-2-4-14(10-15)19(24)22-12-17-6-3-9-26-17/h2-11H,12H2,1H3,(H,22,24)(H,23,25). The molecule has 0 fully saturated rings. The third kappa shape index (κ3) is 4.32. The van der Waals surface area contributed by atoms with Gasteiger partial charge >= 0.3 is 0 Å². The van der Waals surface area contributed by atoms with Crippen LogP contribution in [0.3, 0.4) is 0 Å². The smallest absolute Gasteiger partial charge is 0.255 e. The summed E-state index contributed by atoms with van der Waals surface area (Å²) < 4.78 is 5.18.